The van der Waals surface area contributed by atoms with Crippen LogP contribution in [-0.2, 0) is 33.8 Å². The van der Waals surface area contributed by atoms with E-state index in [9.17, 15) is 9.90 Å². The van der Waals surface area contributed by atoms with Crippen molar-refractivity contribution < 1.29 is 19.4 Å². The molecule has 0 aromatic heterocycles. The van der Waals surface area contributed by atoms with Gasteiger partial charge in [-0.15, -0.1) is 0 Å². The molecular weight excluding hydrogens is 366 g/mol. The number of fused-ring (bicyclic) bond motifs is 1. The van der Waals surface area contributed by atoms with Crippen LogP contribution in [0, 0.1) is 0 Å². The van der Waals surface area contributed by atoms with Crippen LogP contribution < -0.4 is 5.32 Å². The lowest BCUT2D eigenvalue weighted by atomic mass is 9.82. The monoisotopic (exact) mass is 395 g/mol. The topological polar surface area (TPSA) is 67.8 Å². The zero-order chi connectivity index (χ0) is 20.1. The van der Waals surface area contributed by atoms with Crippen LogP contribution in [0.15, 0.2) is 42.5 Å². The van der Waals surface area contributed by atoms with Crippen LogP contribution in [-0.4, -0.2) is 30.3 Å². The van der Waals surface area contributed by atoms with Crippen molar-refractivity contribution in [2.24, 2.45) is 0 Å². The third-order valence-electron chi connectivity index (χ3n) is 5.91. The van der Waals surface area contributed by atoms with Gasteiger partial charge < -0.3 is 19.9 Å². The largest absolute Gasteiger partial charge is 0.508 e. The number of hydrogen-bond donors (Lipinski definition) is 2. The van der Waals surface area contributed by atoms with Gasteiger partial charge in [0.05, 0.1) is 18.6 Å². The van der Waals surface area contributed by atoms with Crippen LogP contribution in [0.5, 0.6) is 5.75 Å². The van der Waals surface area contributed by atoms with Crippen molar-refractivity contribution >= 4 is 5.91 Å². The maximum atomic E-state index is 12.8. The molecule has 1 heterocycles. The molecule has 0 saturated carbocycles. The molecule has 154 valence electrons. The van der Waals surface area contributed by atoms with Crippen LogP contribution in [0.1, 0.15) is 53.9 Å². The second kappa shape index (κ2) is 9.42. The minimum atomic E-state index is -0.189. The zero-order valence-corrected chi connectivity index (χ0v) is 16.7. The van der Waals surface area contributed by atoms with Crippen LogP contribution in [0.4, 0.5) is 0 Å². The van der Waals surface area contributed by atoms with Crippen molar-refractivity contribution in [1.29, 1.82) is 0 Å². The minimum Gasteiger partial charge on any atom is -0.508 e. The van der Waals surface area contributed by atoms with E-state index < -0.39 is 0 Å². The van der Waals surface area contributed by atoms with Crippen molar-refractivity contribution in [3.05, 3.63) is 64.7 Å². The van der Waals surface area contributed by atoms with Gasteiger partial charge in [0.25, 0.3) is 0 Å². The molecule has 2 aromatic rings. The van der Waals surface area contributed by atoms with E-state index in [-0.39, 0.29) is 17.9 Å². The van der Waals surface area contributed by atoms with E-state index in [1.807, 2.05) is 24.3 Å². The van der Waals surface area contributed by atoms with Gasteiger partial charge in [0.1, 0.15) is 5.75 Å². The first-order valence-corrected chi connectivity index (χ1v) is 10.6. The summed E-state index contributed by atoms with van der Waals surface area (Å²) in [5.41, 5.74) is 4.08. The highest BCUT2D eigenvalue weighted by molar-refractivity contribution is 5.84. The summed E-state index contributed by atoms with van der Waals surface area (Å²) < 4.78 is 11.4. The fourth-order valence-corrected chi connectivity index (χ4v) is 4.30. The van der Waals surface area contributed by atoms with Crippen LogP contribution >= 0.6 is 0 Å². The summed E-state index contributed by atoms with van der Waals surface area (Å²) in [4.78, 5) is 12.8. The van der Waals surface area contributed by atoms with E-state index in [4.69, 9.17) is 9.47 Å². The highest BCUT2D eigenvalue weighted by atomic mass is 16.5. The highest BCUT2D eigenvalue weighted by Gasteiger charge is 2.27. The number of carbonyl (C=O) groups excluding carboxylic acids is 1. The average molecular weight is 395 g/mol. The van der Waals surface area contributed by atoms with Crippen LogP contribution in [0.2, 0.25) is 0 Å². The Hall–Kier alpha value is -2.37. The van der Waals surface area contributed by atoms with Gasteiger partial charge >= 0.3 is 0 Å². The first-order chi connectivity index (χ1) is 14.2. The van der Waals surface area contributed by atoms with E-state index in [1.165, 1.54) is 0 Å². The summed E-state index contributed by atoms with van der Waals surface area (Å²) in [5.74, 6) is 0.142. The molecule has 1 aliphatic heterocycles. The van der Waals surface area contributed by atoms with E-state index in [1.54, 1.807) is 6.07 Å². The Kier molecular flexibility index (Phi) is 6.47. The molecule has 0 unspecified atom stereocenters. The Morgan fingerprint density at radius 3 is 2.76 bits per heavy atom. The second-order valence-electron chi connectivity index (χ2n) is 7.95. The number of hydrogen-bond acceptors (Lipinski definition) is 4. The van der Waals surface area contributed by atoms with Crippen LogP contribution in [0.25, 0.3) is 0 Å². The predicted molar refractivity (Wildman–Crippen MR) is 111 cm³/mol. The van der Waals surface area contributed by atoms with Crippen molar-refractivity contribution in [3.63, 3.8) is 0 Å². The Balaban J connectivity index is 1.33. The molecule has 1 atom stereocenters. The Bertz CT molecular complexity index is 845. The molecule has 5 heteroatoms. The number of benzene rings is 2. The minimum absolute atomic E-state index is 0.0282. The molecule has 4 rings (SSSR count). The second-order valence-corrected chi connectivity index (χ2v) is 7.95. The first-order valence-electron chi connectivity index (χ1n) is 10.6. The van der Waals surface area contributed by atoms with Crippen molar-refractivity contribution in [2.75, 3.05) is 13.2 Å². The molecular formula is C24H29NO4. The predicted octanol–water partition coefficient (Wildman–Crippen LogP) is 3.82. The number of phenols is 1. The number of rotatable bonds is 6. The maximum absolute atomic E-state index is 12.8. The number of amides is 1. The smallest absolute Gasteiger partial charge is 0.227 e. The van der Waals surface area contributed by atoms with Gasteiger partial charge in [-0.25, -0.2) is 0 Å². The summed E-state index contributed by atoms with van der Waals surface area (Å²) in [5, 5.41) is 13.2. The fraction of sp³-hybridized carbons (Fsp3) is 0.458. The Labute approximate surface area is 172 Å². The molecule has 2 aliphatic rings. The van der Waals surface area contributed by atoms with E-state index in [0.29, 0.717) is 18.9 Å². The van der Waals surface area contributed by atoms with E-state index in [2.05, 4.69) is 17.4 Å². The molecule has 0 bridgehead atoms. The molecule has 0 radical (unpaired) electrons. The molecule has 1 amide bonds. The lowest BCUT2D eigenvalue weighted by Crippen LogP contribution is -2.31. The van der Waals surface area contributed by atoms with E-state index in [0.717, 1.165) is 67.6 Å². The molecule has 0 spiro atoms. The molecule has 5 nitrogen and oxygen atoms in total. The fourth-order valence-electron chi connectivity index (χ4n) is 4.30. The normalized spacial score (nSPS) is 19.5. The third-order valence-corrected chi connectivity index (χ3v) is 5.91. The number of aromatic hydroxyl groups is 1. The van der Waals surface area contributed by atoms with Crippen LogP contribution in [0.3, 0.4) is 0 Å². The van der Waals surface area contributed by atoms with Crippen molar-refractivity contribution in [2.45, 2.75) is 57.3 Å². The number of nitrogens with one attached hydrogen (secondary N) is 1. The van der Waals surface area contributed by atoms with Gasteiger partial charge in [-0.1, -0.05) is 36.4 Å². The van der Waals surface area contributed by atoms with Crippen molar-refractivity contribution in [3.8, 4) is 5.75 Å². The molecule has 2 N–H and O–H groups in total. The van der Waals surface area contributed by atoms with Crippen molar-refractivity contribution in [1.82, 2.24) is 5.32 Å². The SMILES string of the molecule is O=C(NCc1cccc(COC2CCOCC2)c1)[C@@H]1CCCc2c(O)cccc21. The highest BCUT2D eigenvalue weighted by Crippen LogP contribution is 2.36. The van der Waals surface area contributed by atoms with Gasteiger partial charge in [-0.3, -0.25) is 4.79 Å². The van der Waals surface area contributed by atoms with Gasteiger partial charge in [0.15, 0.2) is 0 Å². The van der Waals surface area contributed by atoms with Gasteiger partial charge in [0.2, 0.25) is 5.91 Å². The Morgan fingerprint density at radius 2 is 1.90 bits per heavy atom. The quantitative estimate of drug-likeness (QED) is 0.780. The standard InChI is InChI=1S/C24H29NO4/c26-23-9-3-6-20-21(23)7-2-8-22(20)24(27)25-15-17-4-1-5-18(14-17)16-29-19-10-12-28-13-11-19/h1,3-6,9,14,19,22,26H,2,7-8,10-13,15-16H2,(H,25,27)/t22-/m1/s1. The number of carbonyl (C=O) groups is 1. The molecule has 1 aliphatic carbocycles. The van der Waals surface area contributed by atoms with Gasteiger partial charge in [-0.05, 0) is 60.4 Å². The molecule has 1 fully saturated rings. The lowest BCUT2D eigenvalue weighted by Gasteiger charge is -2.25. The third kappa shape index (κ3) is 4.98. The summed E-state index contributed by atoms with van der Waals surface area (Å²) in [6.45, 7) is 2.63. The Morgan fingerprint density at radius 1 is 1.10 bits per heavy atom. The van der Waals surface area contributed by atoms with Gasteiger partial charge in [-0.2, -0.15) is 0 Å². The lowest BCUT2D eigenvalue weighted by molar-refractivity contribution is -0.123. The van der Waals surface area contributed by atoms with E-state index >= 15 is 0 Å². The summed E-state index contributed by atoms with van der Waals surface area (Å²) in [6, 6.07) is 13.7. The number of ether oxygens (including phenoxy) is 2. The summed E-state index contributed by atoms with van der Waals surface area (Å²) >= 11 is 0. The number of phenolic OH excluding ortho intramolecular Hbond substituents is 1. The molecule has 1 saturated heterocycles. The first kappa shape index (κ1) is 19.9. The zero-order valence-electron chi connectivity index (χ0n) is 16.7. The summed E-state index contributed by atoms with van der Waals surface area (Å²) in [7, 11) is 0. The molecule has 2 aromatic carbocycles. The van der Waals surface area contributed by atoms with Gasteiger partial charge in [0, 0.05) is 19.8 Å². The molecule has 29 heavy (non-hydrogen) atoms. The average Bonchev–Trinajstić information content (AvgIpc) is 2.77. The summed E-state index contributed by atoms with van der Waals surface area (Å²) in [6.07, 6.45) is 4.75. The maximum Gasteiger partial charge on any atom is 0.227 e.